The zero-order valence-electron chi connectivity index (χ0n) is 11.0. The Labute approximate surface area is 126 Å². The molecule has 3 nitrogen and oxygen atoms in total. The number of halogens is 1. The molecule has 2 aromatic carbocycles. The van der Waals surface area contributed by atoms with E-state index in [2.05, 4.69) is 15.9 Å². The molecular weight excluding hydrogens is 316 g/mol. The number of hydrogen-bond donors (Lipinski definition) is 0. The molecule has 0 aliphatic carbocycles. The first-order chi connectivity index (χ1) is 9.60. The highest BCUT2D eigenvalue weighted by molar-refractivity contribution is 9.10. The van der Waals surface area contributed by atoms with Crippen LogP contribution >= 0.6 is 15.9 Å². The Morgan fingerprint density at radius 3 is 2.30 bits per heavy atom. The molecule has 0 spiro atoms. The Balaban J connectivity index is 2.08. The first-order valence-corrected chi connectivity index (χ1v) is 6.89. The first-order valence-electron chi connectivity index (χ1n) is 6.10. The zero-order chi connectivity index (χ0) is 14.5. The Bertz CT molecular complexity index is 642. The number of carbonyl (C=O) groups is 1. The maximum atomic E-state index is 12.2. The smallest absolute Gasteiger partial charge is 0.253 e. The summed E-state index contributed by atoms with van der Waals surface area (Å²) >= 11 is 3.38. The fraction of sp³-hybridized carbons (Fsp3) is 0.125. The van der Waals surface area contributed by atoms with Crippen molar-refractivity contribution < 1.29 is 4.79 Å². The highest BCUT2D eigenvalue weighted by Gasteiger charge is 2.11. The fourth-order valence-corrected chi connectivity index (χ4v) is 2.11. The summed E-state index contributed by atoms with van der Waals surface area (Å²) in [6.07, 6.45) is 0. The average molecular weight is 329 g/mol. The van der Waals surface area contributed by atoms with E-state index < -0.39 is 0 Å². The lowest BCUT2D eigenvalue weighted by Gasteiger charge is -2.17. The quantitative estimate of drug-likeness (QED) is 0.864. The van der Waals surface area contributed by atoms with Crippen molar-refractivity contribution in [3.63, 3.8) is 0 Å². The molecule has 0 saturated carbocycles. The van der Waals surface area contributed by atoms with E-state index in [9.17, 15) is 4.79 Å². The van der Waals surface area contributed by atoms with Crippen molar-refractivity contribution in [2.75, 3.05) is 7.05 Å². The van der Waals surface area contributed by atoms with Gasteiger partial charge >= 0.3 is 0 Å². The molecule has 0 N–H and O–H groups in total. The van der Waals surface area contributed by atoms with Crippen molar-refractivity contribution in [2.24, 2.45) is 0 Å². The SMILES string of the molecule is CN(Cc1ccc(Br)cc1)C(=O)c1ccc(C#N)cc1. The Morgan fingerprint density at radius 2 is 1.75 bits per heavy atom. The van der Waals surface area contributed by atoms with E-state index in [1.165, 1.54) is 0 Å². The number of carbonyl (C=O) groups excluding carboxylic acids is 1. The molecule has 0 bridgehead atoms. The van der Waals surface area contributed by atoms with Crippen molar-refractivity contribution in [1.82, 2.24) is 4.90 Å². The van der Waals surface area contributed by atoms with E-state index in [0.29, 0.717) is 17.7 Å². The maximum Gasteiger partial charge on any atom is 0.253 e. The molecule has 0 aliphatic heterocycles. The van der Waals surface area contributed by atoms with E-state index in [1.807, 2.05) is 30.3 Å². The normalized spacial score (nSPS) is 9.85. The molecule has 0 saturated heterocycles. The zero-order valence-corrected chi connectivity index (χ0v) is 12.6. The summed E-state index contributed by atoms with van der Waals surface area (Å²) in [6.45, 7) is 0.548. The second-order valence-electron chi connectivity index (χ2n) is 4.48. The van der Waals surface area contributed by atoms with E-state index in [0.717, 1.165) is 10.0 Å². The second-order valence-corrected chi connectivity index (χ2v) is 5.39. The topological polar surface area (TPSA) is 44.1 Å². The molecule has 0 atom stereocenters. The molecule has 0 fully saturated rings. The van der Waals surface area contributed by atoms with Gasteiger partial charge in [0.1, 0.15) is 0 Å². The van der Waals surface area contributed by atoms with Crippen molar-refractivity contribution in [3.8, 4) is 6.07 Å². The van der Waals surface area contributed by atoms with Crippen molar-refractivity contribution >= 4 is 21.8 Å². The molecule has 0 unspecified atom stereocenters. The van der Waals surface area contributed by atoms with Gasteiger partial charge in [0.05, 0.1) is 11.6 Å². The third kappa shape index (κ3) is 3.46. The van der Waals surface area contributed by atoms with Crippen LogP contribution in [0.1, 0.15) is 21.5 Å². The van der Waals surface area contributed by atoms with Gasteiger partial charge in [-0.15, -0.1) is 0 Å². The van der Waals surface area contributed by atoms with Gasteiger partial charge in [0, 0.05) is 23.6 Å². The monoisotopic (exact) mass is 328 g/mol. The summed E-state index contributed by atoms with van der Waals surface area (Å²) in [6, 6.07) is 16.6. The van der Waals surface area contributed by atoms with Gasteiger partial charge in [-0.3, -0.25) is 4.79 Å². The average Bonchev–Trinajstić information content (AvgIpc) is 2.49. The number of rotatable bonds is 3. The summed E-state index contributed by atoms with van der Waals surface area (Å²) < 4.78 is 1.02. The fourth-order valence-electron chi connectivity index (χ4n) is 1.84. The standard InChI is InChI=1S/C16H13BrN2O/c1-19(11-13-4-8-15(17)9-5-13)16(20)14-6-2-12(10-18)3-7-14/h2-9H,11H2,1H3. The van der Waals surface area contributed by atoms with Crippen LogP contribution in [0.2, 0.25) is 0 Å². The Kier molecular flexibility index (Phi) is 4.54. The van der Waals surface area contributed by atoms with Crippen LogP contribution in [0.15, 0.2) is 53.0 Å². The molecule has 100 valence electrons. The van der Waals surface area contributed by atoms with Gasteiger partial charge in [-0.1, -0.05) is 28.1 Å². The number of benzene rings is 2. The molecule has 0 heterocycles. The summed E-state index contributed by atoms with van der Waals surface area (Å²) in [5.74, 6) is -0.0580. The van der Waals surface area contributed by atoms with E-state index in [4.69, 9.17) is 5.26 Å². The molecule has 2 rings (SSSR count). The maximum absolute atomic E-state index is 12.2. The van der Waals surface area contributed by atoms with Crippen LogP contribution in [0.5, 0.6) is 0 Å². The number of amides is 1. The van der Waals surface area contributed by atoms with E-state index in [1.54, 1.807) is 36.2 Å². The number of nitriles is 1. The Hall–Kier alpha value is -2.12. The van der Waals surface area contributed by atoms with Crippen LogP contribution in [0.3, 0.4) is 0 Å². The summed E-state index contributed by atoms with van der Waals surface area (Å²) in [4.78, 5) is 13.9. The second kappa shape index (κ2) is 6.36. The van der Waals surface area contributed by atoms with E-state index >= 15 is 0 Å². The molecule has 4 heteroatoms. The highest BCUT2D eigenvalue weighted by atomic mass is 79.9. The van der Waals surface area contributed by atoms with Crippen LogP contribution < -0.4 is 0 Å². The minimum absolute atomic E-state index is 0.0580. The number of hydrogen-bond acceptors (Lipinski definition) is 2. The van der Waals surface area contributed by atoms with Crippen molar-refractivity contribution in [3.05, 3.63) is 69.7 Å². The lowest BCUT2D eigenvalue weighted by Crippen LogP contribution is -2.26. The van der Waals surface area contributed by atoms with Crippen LogP contribution in [0, 0.1) is 11.3 Å². The molecule has 20 heavy (non-hydrogen) atoms. The molecule has 0 aromatic heterocycles. The lowest BCUT2D eigenvalue weighted by molar-refractivity contribution is 0.0785. The molecule has 0 aliphatic rings. The number of nitrogens with zero attached hydrogens (tertiary/aromatic N) is 2. The van der Waals surface area contributed by atoms with Crippen LogP contribution in [0.25, 0.3) is 0 Å². The predicted molar refractivity (Wildman–Crippen MR) is 81.1 cm³/mol. The third-order valence-electron chi connectivity index (χ3n) is 2.94. The predicted octanol–water partition coefficient (Wildman–Crippen LogP) is 3.59. The summed E-state index contributed by atoms with van der Waals surface area (Å²) in [5, 5.41) is 8.74. The minimum Gasteiger partial charge on any atom is -0.337 e. The minimum atomic E-state index is -0.0580. The van der Waals surface area contributed by atoms with Gasteiger partial charge in [-0.2, -0.15) is 5.26 Å². The van der Waals surface area contributed by atoms with Crippen LogP contribution in [0.4, 0.5) is 0 Å². The molecule has 1 amide bonds. The van der Waals surface area contributed by atoms with Crippen molar-refractivity contribution in [1.29, 1.82) is 5.26 Å². The molecule has 2 aromatic rings. The van der Waals surface area contributed by atoms with E-state index in [-0.39, 0.29) is 5.91 Å². The molecule has 0 radical (unpaired) electrons. The van der Waals surface area contributed by atoms with Gasteiger partial charge in [0.25, 0.3) is 5.91 Å². The van der Waals surface area contributed by atoms with Gasteiger partial charge in [-0.05, 0) is 42.0 Å². The van der Waals surface area contributed by atoms with Crippen molar-refractivity contribution in [2.45, 2.75) is 6.54 Å². The lowest BCUT2D eigenvalue weighted by atomic mass is 10.1. The first kappa shape index (κ1) is 14.3. The van der Waals surface area contributed by atoms with Gasteiger partial charge in [0.2, 0.25) is 0 Å². The molecular formula is C16H13BrN2O. The van der Waals surface area contributed by atoms with Gasteiger partial charge in [-0.25, -0.2) is 0 Å². The third-order valence-corrected chi connectivity index (χ3v) is 3.47. The summed E-state index contributed by atoms with van der Waals surface area (Å²) in [7, 11) is 1.77. The highest BCUT2D eigenvalue weighted by Crippen LogP contribution is 2.13. The van der Waals surface area contributed by atoms with Gasteiger partial charge in [0.15, 0.2) is 0 Å². The summed E-state index contributed by atoms with van der Waals surface area (Å²) in [5.41, 5.74) is 2.21. The van der Waals surface area contributed by atoms with Crippen LogP contribution in [-0.4, -0.2) is 17.9 Å². The van der Waals surface area contributed by atoms with Gasteiger partial charge < -0.3 is 4.90 Å². The van der Waals surface area contributed by atoms with Crippen LogP contribution in [-0.2, 0) is 6.54 Å². The Morgan fingerprint density at radius 1 is 1.15 bits per heavy atom. The largest absolute Gasteiger partial charge is 0.337 e.